The summed E-state index contributed by atoms with van der Waals surface area (Å²) < 4.78 is 0. The molecule has 0 radical (unpaired) electrons. The van der Waals surface area contributed by atoms with Crippen molar-refractivity contribution in [2.75, 3.05) is 13.6 Å². The maximum atomic E-state index is 12.7. The van der Waals surface area contributed by atoms with Gasteiger partial charge in [-0.1, -0.05) is 13.8 Å². The van der Waals surface area contributed by atoms with Gasteiger partial charge in [-0.15, -0.1) is 0 Å². The first kappa shape index (κ1) is 23.3. The molecule has 7 nitrogen and oxygen atoms in total. The van der Waals surface area contributed by atoms with Gasteiger partial charge in [-0.2, -0.15) is 0 Å². The van der Waals surface area contributed by atoms with Crippen LogP contribution in [0.3, 0.4) is 0 Å². The van der Waals surface area contributed by atoms with Gasteiger partial charge in [0, 0.05) is 43.8 Å². The summed E-state index contributed by atoms with van der Waals surface area (Å²) in [6.45, 7) is 5.57. The minimum Gasteiger partial charge on any atom is -0.352 e. The summed E-state index contributed by atoms with van der Waals surface area (Å²) >= 11 is 0. The number of fused-ring (bicyclic) bond motifs is 5. The van der Waals surface area contributed by atoms with Gasteiger partial charge in [0.25, 0.3) is 11.6 Å². The molecule has 1 N–H and O–H groups in total. The number of likely N-dealkylation sites (tertiary alicyclic amines) is 1. The van der Waals surface area contributed by atoms with Crippen molar-refractivity contribution in [3.05, 3.63) is 39.9 Å². The second-order valence-electron chi connectivity index (χ2n) is 11.8. The Morgan fingerprint density at radius 1 is 1.06 bits per heavy atom. The number of hydrogen-bond donors (Lipinski definition) is 1. The Morgan fingerprint density at radius 3 is 2.47 bits per heavy atom. The Morgan fingerprint density at radius 2 is 1.76 bits per heavy atom. The summed E-state index contributed by atoms with van der Waals surface area (Å²) in [6.07, 6.45) is 8.83. The molecule has 5 rings (SSSR count). The van der Waals surface area contributed by atoms with Gasteiger partial charge in [0.2, 0.25) is 5.91 Å². The lowest BCUT2D eigenvalue weighted by atomic mass is 9.47. The molecule has 1 saturated heterocycles. The first-order valence-corrected chi connectivity index (χ1v) is 12.9. The Bertz CT molecular complexity index is 994. The average Bonchev–Trinajstić information content (AvgIpc) is 3.16. The highest BCUT2D eigenvalue weighted by atomic mass is 16.6. The number of piperidine rings is 1. The summed E-state index contributed by atoms with van der Waals surface area (Å²) in [4.78, 5) is 37.6. The van der Waals surface area contributed by atoms with E-state index in [1.54, 1.807) is 0 Å². The molecule has 184 valence electrons. The zero-order chi connectivity index (χ0) is 24.3. The Balaban J connectivity index is 1.26. The summed E-state index contributed by atoms with van der Waals surface area (Å²) in [5.41, 5.74) is 0.936. The molecule has 1 aromatic carbocycles. The molecule has 2 amide bonds. The number of nitrogens with one attached hydrogen (secondary N) is 1. The third-order valence-corrected chi connectivity index (χ3v) is 10.6. The number of benzene rings is 1. The number of carbonyl (C=O) groups excluding carboxylic acids is 2. The highest BCUT2D eigenvalue weighted by Crippen LogP contribution is 2.66. The summed E-state index contributed by atoms with van der Waals surface area (Å²) in [6, 6.07) is 6.22. The van der Waals surface area contributed by atoms with E-state index in [1.807, 2.05) is 7.05 Å². The molecular weight excluding hydrogens is 430 g/mol. The van der Waals surface area contributed by atoms with E-state index in [1.165, 1.54) is 49.9 Å². The van der Waals surface area contributed by atoms with E-state index < -0.39 is 4.92 Å². The molecule has 3 aliphatic carbocycles. The van der Waals surface area contributed by atoms with Crippen molar-refractivity contribution in [2.45, 2.75) is 71.3 Å². The van der Waals surface area contributed by atoms with Crippen molar-refractivity contribution >= 4 is 17.5 Å². The van der Waals surface area contributed by atoms with Gasteiger partial charge in [0.15, 0.2) is 0 Å². The molecule has 4 fully saturated rings. The minimum atomic E-state index is -0.450. The van der Waals surface area contributed by atoms with Gasteiger partial charge in [-0.3, -0.25) is 19.7 Å². The van der Waals surface area contributed by atoms with Crippen molar-refractivity contribution in [3.8, 4) is 0 Å². The number of non-ortho nitro benzene ring substituents is 1. The highest BCUT2D eigenvalue weighted by molar-refractivity contribution is 5.94. The number of nitrogens with zero attached hydrogens (tertiary/aromatic N) is 2. The number of amides is 2. The monoisotopic (exact) mass is 467 g/mol. The lowest BCUT2D eigenvalue weighted by molar-refractivity contribution is -0.384. The van der Waals surface area contributed by atoms with Gasteiger partial charge >= 0.3 is 0 Å². The van der Waals surface area contributed by atoms with Gasteiger partial charge in [-0.05, 0) is 91.6 Å². The van der Waals surface area contributed by atoms with Crippen LogP contribution in [0, 0.1) is 44.6 Å². The molecule has 7 heteroatoms. The van der Waals surface area contributed by atoms with Crippen LogP contribution in [-0.2, 0) is 4.79 Å². The van der Waals surface area contributed by atoms with E-state index in [0.717, 1.165) is 25.2 Å². The van der Waals surface area contributed by atoms with Gasteiger partial charge in [0.05, 0.1) is 4.92 Å². The fourth-order valence-electron chi connectivity index (χ4n) is 8.65. The molecular formula is C27H37N3O4. The van der Waals surface area contributed by atoms with Crippen LogP contribution >= 0.6 is 0 Å². The largest absolute Gasteiger partial charge is 0.352 e. The molecule has 1 aliphatic heterocycles. The predicted molar refractivity (Wildman–Crippen MR) is 129 cm³/mol. The van der Waals surface area contributed by atoms with E-state index in [0.29, 0.717) is 48.2 Å². The molecule has 1 aromatic rings. The Labute approximate surface area is 201 Å². The van der Waals surface area contributed by atoms with Crippen LogP contribution in [0.15, 0.2) is 24.3 Å². The lowest BCUT2D eigenvalue weighted by Crippen LogP contribution is -2.61. The fraction of sp³-hybridized carbons (Fsp3) is 0.704. The van der Waals surface area contributed by atoms with Crippen LogP contribution in [0.25, 0.3) is 0 Å². The van der Waals surface area contributed by atoms with Crippen LogP contribution < -0.4 is 5.32 Å². The maximum Gasteiger partial charge on any atom is 0.269 e. The van der Waals surface area contributed by atoms with E-state index in [4.69, 9.17) is 0 Å². The Hall–Kier alpha value is -2.44. The third-order valence-electron chi connectivity index (χ3n) is 10.6. The van der Waals surface area contributed by atoms with Crippen LogP contribution in [0.5, 0.6) is 0 Å². The normalized spacial score (nSPS) is 39.1. The molecule has 34 heavy (non-hydrogen) atoms. The number of carbonyl (C=O) groups is 2. The molecule has 0 bridgehead atoms. The van der Waals surface area contributed by atoms with E-state index >= 15 is 0 Å². The molecule has 3 saturated carbocycles. The molecule has 1 heterocycles. The first-order valence-electron chi connectivity index (χ1n) is 12.9. The highest BCUT2D eigenvalue weighted by Gasteiger charge is 2.60. The number of rotatable bonds is 4. The average molecular weight is 468 g/mol. The van der Waals surface area contributed by atoms with E-state index in [9.17, 15) is 19.7 Å². The molecule has 7 atom stereocenters. The molecule has 0 aromatic heterocycles. The smallest absolute Gasteiger partial charge is 0.269 e. The molecule has 0 spiro atoms. The number of hydrogen-bond acceptors (Lipinski definition) is 4. The van der Waals surface area contributed by atoms with Crippen LogP contribution in [0.4, 0.5) is 5.69 Å². The fourth-order valence-corrected chi connectivity index (χ4v) is 8.65. The quantitative estimate of drug-likeness (QED) is 0.508. The van der Waals surface area contributed by atoms with Crippen molar-refractivity contribution in [3.63, 3.8) is 0 Å². The third kappa shape index (κ3) is 3.54. The zero-order valence-corrected chi connectivity index (χ0v) is 20.6. The minimum absolute atomic E-state index is 0.00334. The first-order chi connectivity index (χ1) is 16.1. The number of nitro groups is 1. The van der Waals surface area contributed by atoms with Crippen molar-refractivity contribution in [1.29, 1.82) is 0 Å². The van der Waals surface area contributed by atoms with Gasteiger partial charge in [0.1, 0.15) is 0 Å². The van der Waals surface area contributed by atoms with Crippen LogP contribution in [-0.4, -0.2) is 41.3 Å². The SMILES string of the molecule is CN1C(=O)CC[C@]2(C)[C@H]3CC[C@]4(C)[C@@H](CNC(=O)c5ccc([N+](=O)[O-])cc5)CC[C@H]4[C@@H]3CC[C@@H]12. The standard InChI is InChI=1S/C27H37N3O4/c1-26-14-12-22-20(9-11-23-27(22,2)15-13-24(31)29(23)3)21(26)10-6-18(26)16-28-25(32)17-4-7-19(8-5-17)30(33)34/h4-5,7-8,18,20-23H,6,9-16H2,1-3H3,(H,28,32)/t18-,20+,21+,22+,23-,26-,27-/m1/s1. The van der Waals surface area contributed by atoms with E-state index in [-0.39, 0.29) is 22.4 Å². The van der Waals surface area contributed by atoms with Crippen molar-refractivity contribution in [1.82, 2.24) is 10.2 Å². The second-order valence-corrected chi connectivity index (χ2v) is 11.8. The zero-order valence-electron chi connectivity index (χ0n) is 20.6. The summed E-state index contributed by atoms with van der Waals surface area (Å²) in [7, 11) is 2.01. The van der Waals surface area contributed by atoms with E-state index in [2.05, 4.69) is 24.1 Å². The number of nitro benzene ring substituents is 1. The summed E-state index contributed by atoms with van der Waals surface area (Å²) in [5.74, 6) is 2.71. The molecule has 0 unspecified atom stereocenters. The van der Waals surface area contributed by atoms with Crippen LogP contribution in [0.1, 0.15) is 75.6 Å². The van der Waals surface area contributed by atoms with Crippen LogP contribution in [0.2, 0.25) is 0 Å². The van der Waals surface area contributed by atoms with Gasteiger partial charge < -0.3 is 10.2 Å². The lowest BCUT2D eigenvalue weighted by Gasteiger charge is -2.61. The second kappa shape index (κ2) is 8.35. The maximum absolute atomic E-state index is 12.7. The predicted octanol–water partition coefficient (Wildman–Crippen LogP) is 4.80. The summed E-state index contributed by atoms with van der Waals surface area (Å²) in [5, 5.41) is 14.0. The Kier molecular flexibility index (Phi) is 5.72. The van der Waals surface area contributed by atoms with Crippen molar-refractivity contribution in [2.24, 2.45) is 34.5 Å². The van der Waals surface area contributed by atoms with Crippen molar-refractivity contribution < 1.29 is 14.5 Å². The van der Waals surface area contributed by atoms with Gasteiger partial charge in [-0.25, -0.2) is 0 Å². The topological polar surface area (TPSA) is 92.6 Å². The molecule has 4 aliphatic rings.